The van der Waals surface area contributed by atoms with Crippen LogP contribution in [-0.4, -0.2) is 22.9 Å². The molecule has 0 saturated carbocycles. The van der Waals surface area contributed by atoms with Gasteiger partial charge in [-0.05, 0) is 0 Å². The molecule has 0 unspecified atom stereocenters. The fourth-order valence-electron chi connectivity index (χ4n) is 0.541. The molecule has 0 bridgehead atoms. The molecule has 1 heterocycles. The van der Waals surface area contributed by atoms with Crippen molar-refractivity contribution >= 4 is 6.34 Å². The van der Waals surface area contributed by atoms with E-state index in [1.807, 2.05) is 0 Å². The second-order valence-corrected chi connectivity index (χ2v) is 1.67. The number of aliphatic imine (C=N–C) groups is 1. The predicted octanol–water partition coefficient (Wildman–Crippen LogP) is -0.378. The molecule has 0 radical (unpaired) electrons. The third-order valence-corrected chi connectivity index (χ3v) is 1.03. The Balaban J connectivity index is 2.81. The maximum atomic E-state index is 10.0. The zero-order valence-corrected chi connectivity index (χ0v) is 4.94. The standard InChI is InChI=1S/C4H5N3O3/c8-4-3(7(9)10)1-5-2-6-4/h2,8H,1H2,(H,5,6). The number of hydrogen-bond donors (Lipinski definition) is 2. The summed E-state index contributed by atoms with van der Waals surface area (Å²) in [5.74, 6) is -0.431. The van der Waals surface area contributed by atoms with E-state index in [2.05, 4.69) is 10.3 Å². The van der Waals surface area contributed by atoms with Gasteiger partial charge in [-0.15, -0.1) is 0 Å². The van der Waals surface area contributed by atoms with Crippen LogP contribution >= 0.6 is 0 Å². The van der Waals surface area contributed by atoms with Crippen LogP contribution in [0.25, 0.3) is 0 Å². The van der Waals surface area contributed by atoms with E-state index in [4.69, 9.17) is 5.11 Å². The third kappa shape index (κ3) is 1.04. The first-order valence-corrected chi connectivity index (χ1v) is 2.53. The van der Waals surface area contributed by atoms with Gasteiger partial charge < -0.3 is 10.4 Å². The van der Waals surface area contributed by atoms with Gasteiger partial charge >= 0.3 is 5.70 Å². The summed E-state index contributed by atoms with van der Waals surface area (Å²) >= 11 is 0. The van der Waals surface area contributed by atoms with Gasteiger partial charge in [-0.2, -0.15) is 0 Å². The monoisotopic (exact) mass is 143 g/mol. The van der Waals surface area contributed by atoms with Gasteiger partial charge in [0, 0.05) is 0 Å². The molecule has 0 aromatic heterocycles. The molecule has 2 N–H and O–H groups in total. The van der Waals surface area contributed by atoms with Crippen molar-refractivity contribution in [2.45, 2.75) is 0 Å². The lowest BCUT2D eigenvalue weighted by Gasteiger charge is -2.03. The van der Waals surface area contributed by atoms with E-state index >= 15 is 0 Å². The van der Waals surface area contributed by atoms with Gasteiger partial charge in [-0.25, -0.2) is 0 Å². The zero-order chi connectivity index (χ0) is 7.56. The van der Waals surface area contributed by atoms with E-state index in [-0.39, 0.29) is 12.2 Å². The van der Waals surface area contributed by atoms with Crippen LogP contribution in [0.1, 0.15) is 0 Å². The molecule has 0 aromatic carbocycles. The van der Waals surface area contributed by atoms with Crippen molar-refractivity contribution in [2.24, 2.45) is 4.99 Å². The van der Waals surface area contributed by atoms with E-state index in [0.29, 0.717) is 0 Å². The minimum atomic E-state index is -0.668. The number of aliphatic hydroxyl groups is 1. The molecule has 1 rings (SSSR count). The number of rotatable bonds is 1. The van der Waals surface area contributed by atoms with Crippen LogP contribution in [0.15, 0.2) is 16.6 Å². The van der Waals surface area contributed by atoms with Crippen LogP contribution in [-0.2, 0) is 0 Å². The average molecular weight is 143 g/mol. The number of aliphatic hydroxyl groups excluding tert-OH is 1. The van der Waals surface area contributed by atoms with Crippen molar-refractivity contribution < 1.29 is 10.0 Å². The molecule has 1 aliphatic heterocycles. The molecule has 0 saturated heterocycles. The molecule has 0 aromatic rings. The smallest absolute Gasteiger partial charge is 0.326 e. The Bertz CT molecular complexity index is 220. The summed E-state index contributed by atoms with van der Waals surface area (Å²) < 4.78 is 0. The first kappa shape index (κ1) is 6.53. The van der Waals surface area contributed by atoms with E-state index < -0.39 is 10.8 Å². The normalized spacial score (nSPS) is 16.8. The van der Waals surface area contributed by atoms with Crippen molar-refractivity contribution in [3.05, 3.63) is 21.7 Å². The van der Waals surface area contributed by atoms with Crippen molar-refractivity contribution in [3.63, 3.8) is 0 Å². The Morgan fingerprint density at radius 1 is 1.90 bits per heavy atom. The first-order valence-electron chi connectivity index (χ1n) is 2.53. The summed E-state index contributed by atoms with van der Waals surface area (Å²) in [6, 6.07) is 0. The largest absolute Gasteiger partial charge is 0.490 e. The average Bonchev–Trinajstić information content (AvgIpc) is 1.88. The molecule has 0 fully saturated rings. The fourth-order valence-corrected chi connectivity index (χ4v) is 0.541. The highest BCUT2D eigenvalue weighted by Crippen LogP contribution is 2.02. The van der Waals surface area contributed by atoms with Gasteiger partial charge in [0.1, 0.15) is 6.54 Å². The predicted molar refractivity (Wildman–Crippen MR) is 33.1 cm³/mol. The summed E-state index contributed by atoms with van der Waals surface area (Å²) in [7, 11) is 0. The Hall–Kier alpha value is -1.59. The molecular weight excluding hydrogens is 138 g/mol. The number of nitro groups is 1. The Labute approximate surface area is 56.0 Å². The number of hydrogen-bond acceptors (Lipinski definition) is 5. The molecule has 0 atom stereocenters. The summed E-state index contributed by atoms with van der Waals surface area (Å²) in [6.45, 7) is -0.0775. The molecule has 0 spiro atoms. The second kappa shape index (κ2) is 2.34. The highest BCUT2D eigenvalue weighted by Gasteiger charge is 2.19. The van der Waals surface area contributed by atoms with Crippen LogP contribution in [0.3, 0.4) is 0 Å². The van der Waals surface area contributed by atoms with Gasteiger partial charge in [0.2, 0.25) is 0 Å². The minimum Gasteiger partial charge on any atom is -0.490 e. The number of nitrogens with one attached hydrogen (secondary N) is 1. The quantitative estimate of drug-likeness (QED) is 0.387. The maximum absolute atomic E-state index is 10.0. The van der Waals surface area contributed by atoms with Crippen LogP contribution in [0.2, 0.25) is 0 Å². The van der Waals surface area contributed by atoms with Crippen molar-refractivity contribution in [1.29, 1.82) is 0 Å². The van der Waals surface area contributed by atoms with Crippen LogP contribution in [0.4, 0.5) is 0 Å². The van der Waals surface area contributed by atoms with Crippen molar-refractivity contribution in [1.82, 2.24) is 5.32 Å². The Kier molecular flexibility index (Phi) is 1.53. The van der Waals surface area contributed by atoms with Crippen LogP contribution in [0.5, 0.6) is 0 Å². The van der Waals surface area contributed by atoms with Crippen LogP contribution in [0, 0.1) is 10.1 Å². The van der Waals surface area contributed by atoms with Gasteiger partial charge in [-0.3, -0.25) is 15.1 Å². The zero-order valence-electron chi connectivity index (χ0n) is 4.94. The van der Waals surface area contributed by atoms with Gasteiger partial charge in [-0.1, -0.05) is 0 Å². The molecule has 0 amide bonds. The van der Waals surface area contributed by atoms with Gasteiger partial charge in [0.25, 0.3) is 5.88 Å². The molecule has 1 aliphatic rings. The molecule has 0 aliphatic carbocycles. The molecule has 54 valence electrons. The molecule has 6 nitrogen and oxygen atoms in total. The SMILES string of the molecule is O=[N+]([O-])C1=C(O)NC=NC1. The van der Waals surface area contributed by atoms with Crippen molar-refractivity contribution in [3.8, 4) is 0 Å². The Morgan fingerprint density at radius 3 is 3.00 bits per heavy atom. The molecular formula is C4H5N3O3. The van der Waals surface area contributed by atoms with E-state index in [9.17, 15) is 10.1 Å². The number of nitrogens with zero attached hydrogens (tertiary/aromatic N) is 2. The van der Waals surface area contributed by atoms with Crippen molar-refractivity contribution in [2.75, 3.05) is 6.54 Å². The first-order chi connectivity index (χ1) is 4.72. The topological polar surface area (TPSA) is 87.8 Å². The second-order valence-electron chi connectivity index (χ2n) is 1.67. The minimum absolute atomic E-state index is 0.0775. The van der Waals surface area contributed by atoms with E-state index in [1.54, 1.807) is 0 Å². The van der Waals surface area contributed by atoms with Gasteiger partial charge in [0.05, 0.1) is 11.3 Å². The lowest BCUT2D eigenvalue weighted by atomic mass is 10.4. The lowest BCUT2D eigenvalue weighted by molar-refractivity contribution is -0.428. The lowest BCUT2D eigenvalue weighted by Crippen LogP contribution is -2.22. The highest BCUT2D eigenvalue weighted by atomic mass is 16.6. The summed E-state index contributed by atoms with van der Waals surface area (Å²) in [4.78, 5) is 12.9. The summed E-state index contributed by atoms with van der Waals surface area (Å²) in [6.07, 6.45) is 1.21. The summed E-state index contributed by atoms with van der Waals surface area (Å²) in [5, 5.41) is 21.0. The van der Waals surface area contributed by atoms with Gasteiger partial charge in [0.15, 0.2) is 0 Å². The Morgan fingerprint density at radius 2 is 2.60 bits per heavy atom. The maximum Gasteiger partial charge on any atom is 0.326 e. The van der Waals surface area contributed by atoms with E-state index in [0.717, 1.165) is 0 Å². The van der Waals surface area contributed by atoms with Crippen LogP contribution < -0.4 is 5.32 Å². The van der Waals surface area contributed by atoms with E-state index in [1.165, 1.54) is 6.34 Å². The third-order valence-electron chi connectivity index (χ3n) is 1.03. The summed E-state index contributed by atoms with van der Waals surface area (Å²) in [5.41, 5.74) is -0.303. The fraction of sp³-hybridized carbons (Fsp3) is 0.250. The highest BCUT2D eigenvalue weighted by molar-refractivity contribution is 5.58. The molecule has 10 heavy (non-hydrogen) atoms. The molecule has 6 heteroatoms.